The molecule has 0 bridgehead atoms. The zero-order valence-corrected chi connectivity index (χ0v) is 10.8. The molecular formula is C13H18F3N. The summed E-state index contributed by atoms with van der Waals surface area (Å²) in [5.74, 6) is 0. The minimum absolute atomic E-state index is 0.335. The van der Waals surface area contributed by atoms with Crippen LogP contribution in [0.5, 0.6) is 0 Å². The van der Waals surface area contributed by atoms with Crippen molar-refractivity contribution in [1.82, 2.24) is 0 Å². The minimum atomic E-state index is -4.45. The number of rotatable bonds is 0. The van der Waals surface area contributed by atoms with Crippen molar-refractivity contribution in [3.05, 3.63) is 34.9 Å². The lowest BCUT2D eigenvalue weighted by atomic mass is 10.1. The Morgan fingerprint density at radius 2 is 1.53 bits per heavy atom. The van der Waals surface area contributed by atoms with Gasteiger partial charge in [-0.1, -0.05) is 39.3 Å². The van der Waals surface area contributed by atoms with Gasteiger partial charge in [-0.25, -0.2) is 0 Å². The third-order valence-corrected chi connectivity index (χ3v) is 1.60. The Morgan fingerprint density at radius 3 is 1.88 bits per heavy atom. The van der Waals surface area contributed by atoms with Crippen LogP contribution in [0.4, 0.5) is 13.2 Å². The van der Waals surface area contributed by atoms with Crippen LogP contribution < -0.4 is 0 Å². The zero-order chi connectivity index (χ0) is 14.1. The molecule has 1 rings (SSSR count). The molecule has 0 aliphatic heterocycles. The molecule has 0 radical (unpaired) electrons. The van der Waals surface area contributed by atoms with E-state index in [2.05, 4.69) is 0 Å². The quantitative estimate of drug-likeness (QED) is 0.635. The SMILES string of the molecule is CC.CC.Cc1ccc(C#N)c(C(F)(F)F)c1. The highest BCUT2D eigenvalue weighted by Crippen LogP contribution is 2.32. The van der Waals surface area contributed by atoms with E-state index in [1.807, 2.05) is 27.7 Å². The van der Waals surface area contributed by atoms with Gasteiger partial charge in [0.25, 0.3) is 0 Å². The molecular weight excluding hydrogens is 227 g/mol. The fourth-order valence-electron chi connectivity index (χ4n) is 0.990. The molecule has 96 valence electrons. The Labute approximate surface area is 101 Å². The summed E-state index contributed by atoms with van der Waals surface area (Å²) >= 11 is 0. The molecule has 0 fully saturated rings. The van der Waals surface area contributed by atoms with E-state index in [0.717, 1.165) is 6.07 Å². The molecule has 0 unspecified atom stereocenters. The van der Waals surface area contributed by atoms with Gasteiger partial charge in [0.2, 0.25) is 0 Å². The Bertz CT molecular complexity index is 362. The van der Waals surface area contributed by atoms with E-state index < -0.39 is 11.7 Å². The molecule has 1 aromatic rings. The Hall–Kier alpha value is -1.50. The Kier molecular flexibility index (Phi) is 9.08. The van der Waals surface area contributed by atoms with Crippen molar-refractivity contribution in [2.75, 3.05) is 0 Å². The van der Waals surface area contributed by atoms with Crippen LogP contribution >= 0.6 is 0 Å². The van der Waals surface area contributed by atoms with Crippen molar-refractivity contribution in [2.24, 2.45) is 0 Å². The highest BCUT2D eigenvalue weighted by Gasteiger charge is 2.33. The van der Waals surface area contributed by atoms with Crippen LogP contribution in [-0.2, 0) is 6.18 Å². The number of hydrogen-bond donors (Lipinski definition) is 0. The van der Waals surface area contributed by atoms with Crippen LogP contribution in [0, 0.1) is 18.3 Å². The first kappa shape index (κ1) is 17.9. The number of halogens is 3. The third kappa shape index (κ3) is 5.96. The summed E-state index contributed by atoms with van der Waals surface area (Å²) in [6.45, 7) is 9.55. The van der Waals surface area contributed by atoms with E-state index in [0.29, 0.717) is 5.56 Å². The number of alkyl halides is 3. The van der Waals surface area contributed by atoms with Crippen molar-refractivity contribution in [2.45, 2.75) is 40.8 Å². The maximum atomic E-state index is 12.3. The molecule has 1 nitrogen and oxygen atoms in total. The van der Waals surface area contributed by atoms with Gasteiger partial charge in [0.1, 0.15) is 0 Å². The van der Waals surface area contributed by atoms with E-state index in [-0.39, 0.29) is 5.56 Å². The van der Waals surface area contributed by atoms with Gasteiger partial charge in [0, 0.05) is 0 Å². The summed E-state index contributed by atoms with van der Waals surface area (Å²) in [6, 6.07) is 5.14. The zero-order valence-electron chi connectivity index (χ0n) is 10.8. The highest BCUT2D eigenvalue weighted by molar-refractivity contribution is 5.41. The standard InChI is InChI=1S/C9H6F3N.2C2H6/c1-6-2-3-7(5-13)8(4-6)9(10,11)12;2*1-2/h2-4H,1H3;2*1-2H3. The first-order valence-corrected chi connectivity index (χ1v) is 5.53. The number of nitriles is 1. The monoisotopic (exact) mass is 245 g/mol. The molecule has 0 amide bonds. The summed E-state index contributed by atoms with van der Waals surface area (Å²) in [5.41, 5.74) is -0.709. The molecule has 4 heteroatoms. The summed E-state index contributed by atoms with van der Waals surface area (Å²) < 4.78 is 36.8. The number of aryl methyl sites for hydroxylation is 1. The average molecular weight is 245 g/mol. The molecule has 0 aliphatic rings. The number of benzene rings is 1. The van der Waals surface area contributed by atoms with Crippen molar-refractivity contribution in [3.8, 4) is 6.07 Å². The molecule has 0 aliphatic carbocycles. The van der Waals surface area contributed by atoms with Crippen LogP contribution in [0.1, 0.15) is 44.4 Å². The molecule has 1 aromatic carbocycles. The van der Waals surface area contributed by atoms with Gasteiger partial charge in [-0.15, -0.1) is 0 Å². The van der Waals surface area contributed by atoms with Gasteiger partial charge in [0.15, 0.2) is 0 Å². The first-order valence-electron chi connectivity index (χ1n) is 5.53. The number of nitrogens with zero attached hydrogens (tertiary/aromatic N) is 1. The lowest BCUT2D eigenvalue weighted by molar-refractivity contribution is -0.137. The van der Waals surface area contributed by atoms with Gasteiger partial charge in [-0.3, -0.25) is 0 Å². The molecule has 0 saturated heterocycles. The third-order valence-electron chi connectivity index (χ3n) is 1.60. The fraction of sp³-hybridized carbons (Fsp3) is 0.462. The normalized spacial score (nSPS) is 9.12. The fourth-order valence-corrected chi connectivity index (χ4v) is 0.990. The van der Waals surface area contributed by atoms with Gasteiger partial charge in [-0.05, 0) is 19.1 Å². The molecule has 0 heterocycles. The van der Waals surface area contributed by atoms with Gasteiger partial charge in [0.05, 0.1) is 17.2 Å². The first-order chi connectivity index (χ1) is 7.95. The van der Waals surface area contributed by atoms with E-state index in [9.17, 15) is 13.2 Å². The summed E-state index contributed by atoms with van der Waals surface area (Å²) in [4.78, 5) is 0. The average Bonchev–Trinajstić information content (AvgIpc) is 2.33. The van der Waals surface area contributed by atoms with Crippen LogP contribution in [-0.4, -0.2) is 0 Å². The molecule has 0 atom stereocenters. The Balaban J connectivity index is 0. The van der Waals surface area contributed by atoms with Crippen molar-refractivity contribution >= 4 is 0 Å². The van der Waals surface area contributed by atoms with E-state index in [4.69, 9.17) is 5.26 Å². The van der Waals surface area contributed by atoms with Crippen molar-refractivity contribution in [1.29, 1.82) is 5.26 Å². The van der Waals surface area contributed by atoms with Crippen LogP contribution in [0.2, 0.25) is 0 Å². The lowest BCUT2D eigenvalue weighted by Crippen LogP contribution is -2.07. The van der Waals surface area contributed by atoms with Crippen molar-refractivity contribution < 1.29 is 13.2 Å². The van der Waals surface area contributed by atoms with Crippen molar-refractivity contribution in [3.63, 3.8) is 0 Å². The van der Waals surface area contributed by atoms with E-state index in [1.54, 1.807) is 6.92 Å². The van der Waals surface area contributed by atoms with E-state index in [1.165, 1.54) is 18.2 Å². The van der Waals surface area contributed by atoms with E-state index >= 15 is 0 Å². The smallest absolute Gasteiger partial charge is 0.192 e. The summed E-state index contributed by atoms with van der Waals surface area (Å²) in [5, 5.41) is 8.42. The topological polar surface area (TPSA) is 23.8 Å². The maximum absolute atomic E-state index is 12.3. The Morgan fingerprint density at radius 1 is 1.06 bits per heavy atom. The second-order valence-electron chi connectivity index (χ2n) is 2.66. The van der Waals surface area contributed by atoms with Crippen LogP contribution in [0.25, 0.3) is 0 Å². The molecule has 0 aromatic heterocycles. The molecule has 0 N–H and O–H groups in total. The minimum Gasteiger partial charge on any atom is -0.192 e. The maximum Gasteiger partial charge on any atom is 0.417 e. The predicted molar refractivity (Wildman–Crippen MR) is 63.6 cm³/mol. The summed E-state index contributed by atoms with van der Waals surface area (Å²) in [6.07, 6.45) is -4.45. The summed E-state index contributed by atoms with van der Waals surface area (Å²) in [7, 11) is 0. The van der Waals surface area contributed by atoms with Gasteiger partial charge < -0.3 is 0 Å². The van der Waals surface area contributed by atoms with Gasteiger partial charge in [-0.2, -0.15) is 18.4 Å². The van der Waals surface area contributed by atoms with Crippen LogP contribution in [0.15, 0.2) is 18.2 Å². The second-order valence-corrected chi connectivity index (χ2v) is 2.66. The number of hydrogen-bond acceptors (Lipinski definition) is 1. The highest BCUT2D eigenvalue weighted by atomic mass is 19.4. The molecule has 0 saturated carbocycles. The van der Waals surface area contributed by atoms with Gasteiger partial charge >= 0.3 is 6.18 Å². The lowest BCUT2D eigenvalue weighted by Gasteiger charge is -2.08. The van der Waals surface area contributed by atoms with Crippen LogP contribution in [0.3, 0.4) is 0 Å². The second kappa shape index (κ2) is 8.63. The molecule has 17 heavy (non-hydrogen) atoms. The largest absolute Gasteiger partial charge is 0.417 e. The predicted octanol–water partition coefficient (Wildman–Crippen LogP) is 4.94. The molecule has 0 spiro atoms.